The lowest BCUT2D eigenvalue weighted by molar-refractivity contribution is -0.121. The smallest absolute Gasteiger partial charge is 0.233 e. The number of carbonyl (C=O) groups is 1. The van der Waals surface area contributed by atoms with E-state index in [0.29, 0.717) is 17.7 Å². The summed E-state index contributed by atoms with van der Waals surface area (Å²) in [6, 6.07) is 8.09. The van der Waals surface area contributed by atoms with E-state index in [-0.39, 0.29) is 11.2 Å². The average Bonchev–Trinajstić information content (AvgIpc) is 2.94. The number of hydrogen-bond donors (Lipinski definition) is 1. The molecule has 1 aliphatic rings. The number of aromatic nitrogens is 4. The summed E-state index contributed by atoms with van der Waals surface area (Å²) in [4.78, 5) is 12.6. The molecule has 27 heavy (non-hydrogen) atoms. The number of benzene rings is 1. The number of nitrogens with one attached hydrogen (secondary N) is 1. The number of hydrogen-bond acceptors (Lipinski definition) is 6. The topological polar surface area (TPSA) is 81.9 Å². The van der Waals surface area contributed by atoms with E-state index in [4.69, 9.17) is 4.74 Å². The van der Waals surface area contributed by atoms with Crippen molar-refractivity contribution in [2.24, 2.45) is 0 Å². The Hall–Kier alpha value is -2.09. The van der Waals surface area contributed by atoms with E-state index in [0.717, 1.165) is 24.2 Å². The molecule has 8 heteroatoms. The first-order valence-electron chi connectivity index (χ1n) is 9.52. The second-order valence-corrected chi connectivity index (χ2v) is 8.23. The normalized spacial score (nSPS) is 16.5. The number of carbonyl (C=O) groups excluding carboxylic acids is 1. The Labute approximate surface area is 164 Å². The van der Waals surface area contributed by atoms with Crippen molar-refractivity contribution >= 4 is 17.7 Å². The van der Waals surface area contributed by atoms with Gasteiger partial charge in [0.15, 0.2) is 0 Å². The van der Waals surface area contributed by atoms with Crippen molar-refractivity contribution < 1.29 is 9.53 Å². The summed E-state index contributed by atoms with van der Waals surface area (Å²) in [6.45, 7) is 2.46. The molecule has 1 atom stereocenters. The quantitative estimate of drug-likeness (QED) is 0.579. The maximum Gasteiger partial charge on any atom is 0.233 e. The molecular weight excluding hydrogens is 362 g/mol. The van der Waals surface area contributed by atoms with E-state index in [1.807, 2.05) is 31.2 Å². The van der Waals surface area contributed by atoms with Gasteiger partial charge in [-0.05, 0) is 47.9 Å². The summed E-state index contributed by atoms with van der Waals surface area (Å²) in [7, 11) is 1.65. The molecule has 2 aromatic rings. The number of rotatable bonds is 7. The highest BCUT2D eigenvalue weighted by atomic mass is 32.2. The van der Waals surface area contributed by atoms with Crippen LogP contribution in [0.5, 0.6) is 5.75 Å². The molecule has 0 saturated heterocycles. The second kappa shape index (κ2) is 9.73. The minimum Gasteiger partial charge on any atom is -0.497 e. The van der Waals surface area contributed by atoms with Crippen LogP contribution >= 0.6 is 11.8 Å². The fraction of sp³-hybridized carbons (Fsp3) is 0.579. The van der Waals surface area contributed by atoms with Gasteiger partial charge in [0.05, 0.1) is 18.9 Å². The third-order valence-electron chi connectivity index (χ3n) is 4.84. The van der Waals surface area contributed by atoms with Crippen molar-refractivity contribution in [2.45, 2.75) is 68.4 Å². The molecule has 1 aromatic heterocycles. The molecule has 0 aliphatic heterocycles. The van der Waals surface area contributed by atoms with Gasteiger partial charge in [-0.25, -0.2) is 4.68 Å². The number of ether oxygens (including phenoxy) is 1. The lowest BCUT2D eigenvalue weighted by Crippen LogP contribution is -2.39. The molecule has 1 fully saturated rings. The van der Waals surface area contributed by atoms with Gasteiger partial charge in [-0.3, -0.25) is 4.79 Å². The predicted octanol–water partition coefficient (Wildman–Crippen LogP) is 3.05. The summed E-state index contributed by atoms with van der Waals surface area (Å²) in [5.41, 5.74) is 1.07. The first kappa shape index (κ1) is 19.7. The van der Waals surface area contributed by atoms with Crippen molar-refractivity contribution in [1.82, 2.24) is 25.5 Å². The van der Waals surface area contributed by atoms with Gasteiger partial charge in [-0.15, -0.1) is 5.10 Å². The molecule has 0 bridgehead atoms. The predicted molar refractivity (Wildman–Crippen MR) is 105 cm³/mol. The van der Waals surface area contributed by atoms with E-state index >= 15 is 0 Å². The maximum atomic E-state index is 12.6. The van der Waals surface area contributed by atoms with Crippen LogP contribution < -0.4 is 10.1 Å². The number of tetrazole rings is 1. The lowest BCUT2D eigenvalue weighted by Gasteiger charge is -2.19. The molecule has 1 aromatic carbocycles. The summed E-state index contributed by atoms with van der Waals surface area (Å²) in [6.07, 6.45) is 7.11. The molecule has 3 rings (SSSR count). The molecule has 0 unspecified atom stereocenters. The highest BCUT2D eigenvalue weighted by Gasteiger charge is 2.22. The van der Waals surface area contributed by atoms with Gasteiger partial charge < -0.3 is 10.1 Å². The van der Waals surface area contributed by atoms with Crippen molar-refractivity contribution in [3.63, 3.8) is 0 Å². The van der Waals surface area contributed by atoms with Crippen LogP contribution in [0.2, 0.25) is 0 Å². The van der Waals surface area contributed by atoms with Crippen molar-refractivity contribution in [1.29, 1.82) is 0 Å². The third kappa shape index (κ3) is 5.69. The molecular formula is C19H27N5O2S. The van der Waals surface area contributed by atoms with Crippen LogP contribution in [0.15, 0.2) is 29.4 Å². The summed E-state index contributed by atoms with van der Waals surface area (Å²) < 4.78 is 6.91. The van der Waals surface area contributed by atoms with E-state index < -0.39 is 0 Å². The van der Waals surface area contributed by atoms with Crippen LogP contribution in [0.4, 0.5) is 0 Å². The van der Waals surface area contributed by atoms with Crippen molar-refractivity contribution in [3.8, 4) is 5.75 Å². The lowest BCUT2D eigenvalue weighted by atomic mass is 10.1. The zero-order chi connectivity index (χ0) is 19.1. The van der Waals surface area contributed by atoms with Crippen LogP contribution in [0, 0.1) is 0 Å². The zero-order valence-electron chi connectivity index (χ0n) is 15.9. The number of methoxy groups -OCH3 is 1. The van der Waals surface area contributed by atoms with Gasteiger partial charge >= 0.3 is 0 Å². The van der Waals surface area contributed by atoms with Crippen LogP contribution in [0.3, 0.4) is 0 Å². The van der Waals surface area contributed by atoms with Crippen LogP contribution in [-0.2, 0) is 11.3 Å². The van der Waals surface area contributed by atoms with Gasteiger partial charge in [0.25, 0.3) is 0 Å². The number of amides is 1. The highest BCUT2D eigenvalue weighted by Crippen LogP contribution is 2.23. The van der Waals surface area contributed by atoms with Gasteiger partial charge in [0.1, 0.15) is 5.75 Å². The Balaban J connectivity index is 1.56. The third-order valence-corrected chi connectivity index (χ3v) is 5.91. The minimum atomic E-state index is -0.242. The van der Waals surface area contributed by atoms with E-state index in [1.54, 1.807) is 11.8 Å². The SMILES string of the molecule is COc1ccc(Cn2nnnc2S[C@@H](C)C(=O)NC2CCCCCC2)cc1. The number of nitrogens with zero attached hydrogens (tertiary/aromatic N) is 4. The summed E-state index contributed by atoms with van der Waals surface area (Å²) >= 11 is 1.40. The molecule has 7 nitrogen and oxygen atoms in total. The highest BCUT2D eigenvalue weighted by molar-refractivity contribution is 8.00. The Morgan fingerprint density at radius 3 is 2.63 bits per heavy atom. The molecule has 146 valence electrons. The molecule has 1 aliphatic carbocycles. The molecule has 0 radical (unpaired) electrons. The molecule has 1 N–H and O–H groups in total. The Bertz CT molecular complexity index is 726. The Morgan fingerprint density at radius 2 is 1.96 bits per heavy atom. The van der Waals surface area contributed by atoms with Gasteiger partial charge in [-0.2, -0.15) is 0 Å². The fourth-order valence-corrected chi connectivity index (χ4v) is 4.04. The van der Waals surface area contributed by atoms with Crippen LogP contribution in [-0.4, -0.2) is 44.5 Å². The summed E-state index contributed by atoms with van der Waals surface area (Å²) in [5, 5.41) is 15.5. The van der Waals surface area contributed by atoms with E-state index in [9.17, 15) is 4.79 Å². The molecule has 1 amide bonds. The summed E-state index contributed by atoms with van der Waals surface area (Å²) in [5.74, 6) is 0.875. The Kier molecular flexibility index (Phi) is 7.09. The molecule has 1 heterocycles. The molecule has 0 spiro atoms. The van der Waals surface area contributed by atoms with Gasteiger partial charge in [-0.1, -0.05) is 49.6 Å². The van der Waals surface area contributed by atoms with Crippen LogP contribution in [0.25, 0.3) is 0 Å². The van der Waals surface area contributed by atoms with Gasteiger partial charge in [0.2, 0.25) is 11.1 Å². The van der Waals surface area contributed by atoms with Crippen molar-refractivity contribution in [3.05, 3.63) is 29.8 Å². The largest absolute Gasteiger partial charge is 0.497 e. The number of thioether (sulfide) groups is 1. The average molecular weight is 390 g/mol. The molecule has 1 saturated carbocycles. The standard InChI is InChI=1S/C19H27N5O2S/c1-14(18(25)20-16-7-5-3-4-6-8-16)27-19-21-22-23-24(19)13-15-9-11-17(26-2)12-10-15/h9-12,14,16H,3-8,13H2,1-2H3,(H,20,25)/t14-/m0/s1. The maximum absolute atomic E-state index is 12.6. The van der Waals surface area contributed by atoms with Gasteiger partial charge in [0, 0.05) is 6.04 Å². The van der Waals surface area contributed by atoms with E-state index in [1.165, 1.54) is 37.4 Å². The first-order valence-corrected chi connectivity index (χ1v) is 10.4. The minimum absolute atomic E-state index is 0.0610. The first-order chi connectivity index (χ1) is 13.2. The second-order valence-electron chi connectivity index (χ2n) is 6.92. The Morgan fingerprint density at radius 1 is 1.26 bits per heavy atom. The fourth-order valence-electron chi connectivity index (χ4n) is 3.24. The van der Waals surface area contributed by atoms with Crippen molar-refractivity contribution in [2.75, 3.05) is 7.11 Å². The van der Waals surface area contributed by atoms with E-state index in [2.05, 4.69) is 20.8 Å². The monoisotopic (exact) mass is 389 g/mol. The zero-order valence-corrected chi connectivity index (χ0v) is 16.7. The van der Waals surface area contributed by atoms with Crippen LogP contribution in [0.1, 0.15) is 51.0 Å².